The molecule has 1 N–H and O–H groups in total. The molecule has 2 aliphatic rings. The highest BCUT2D eigenvalue weighted by Crippen LogP contribution is 2.18. The summed E-state index contributed by atoms with van der Waals surface area (Å²) in [6.45, 7) is 4.51. The van der Waals surface area contributed by atoms with E-state index in [1.54, 1.807) is 0 Å². The summed E-state index contributed by atoms with van der Waals surface area (Å²) in [4.78, 5) is 28.2. The minimum atomic E-state index is 0.0601. The third kappa shape index (κ3) is 3.08. The van der Waals surface area contributed by atoms with Crippen molar-refractivity contribution in [3.63, 3.8) is 0 Å². The van der Waals surface area contributed by atoms with E-state index in [0.717, 1.165) is 43.7 Å². The second-order valence-corrected chi connectivity index (χ2v) is 5.58. The van der Waals surface area contributed by atoms with Crippen LogP contribution in [-0.2, 0) is 11.2 Å². The predicted molar refractivity (Wildman–Crippen MR) is 80.1 cm³/mol. The Morgan fingerprint density at radius 1 is 1.14 bits per heavy atom. The lowest BCUT2D eigenvalue weighted by Gasteiger charge is -2.31. The molecule has 1 aromatic rings. The number of amides is 2. The SMILES string of the molecule is O=C(CCN1CCc2ccccc2C1=O)N1CCNCC1. The third-order valence-electron chi connectivity index (χ3n) is 4.25. The van der Waals surface area contributed by atoms with E-state index in [9.17, 15) is 9.59 Å². The first-order chi connectivity index (χ1) is 10.3. The second kappa shape index (κ2) is 6.26. The van der Waals surface area contributed by atoms with Gasteiger partial charge in [0.15, 0.2) is 0 Å². The molecular weight excluding hydrogens is 266 g/mol. The summed E-state index contributed by atoms with van der Waals surface area (Å²) in [5.41, 5.74) is 1.91. The molecule has 2 amide bonds. The highest BCUT2D eigenvalue weighted by Gasteiger charge is 2.25. The van der Waals surface area contributed by atoms with Gasteiger partial charge >= 0.3 is 0 Å². The number of fused-ring (bicyclic) bond motifs is 1. The van der Waals surface area contributed by atoms with Crippen molar-refractivity contribution in [3.8, 4) is 0 Å². The molecule has 0 bridgehead atoms. The molecule has 5 heteroatoms. The fourth-order valence-electron chi connectivity index (χ4n) is 2.99. The molecule has 112 valence electrons. The quantitative estimate of drug-likeness (QED) is 0.881. The number of piperazine rings is 1. The summed E-state index contributed by atoms with van der Waals surface area (Å²) in [5.74, 6) is 0.216. The molecule has 2 aliphatic heterocycles. The minimum absolute atomic E-state index is 0.0601. The molecule has 0 unspecified atom stereocenters. The van der Waals surface area contributed by atoms with E-state index in [0.29, 0.717) is 19.5 Å². The van der Waals surface area contributed by atoms with Gasteiger partial charge in [-0.1, -0.05) is 18.2 Å². The van der Waals surface area contributed by atoms with Crippen molar-refractivity contribution in [1.29, 1.82) is 0 Å². The fourth-order valence-corrected chi connectivity index (χ4v) is 2.99. The molecule has 0 spiro atoms. The Kier molecular flexibility index (Phi) is 4.20. The van der Waals surface area contributed by atoms with Crippen LogP contribution in [0.4, 0.5) is 0 Å². The van der Waals surface area contributed by atoms with Gasteiger partial charge in [-0.15, -0.1) is 0 Å². The van der Waals surface area contributed by atoms with E-state index in [1.807, 2.05) is 34.1 Å². The lowest BCUT2D eigenvalue weighted by atomic mass is 9.99. The molecule has 0 aromatic heterocycles. The van der Waals surface area contributed by atoms with Crippen LogP contribution in [0, 0.1) is 0 Å². The molecule has 0 radical (unpaired) electrons. The van der Waals surface area contributed by atoms with Crippen molar-refractivity contribution in [2.24, 2.45) is 0 Å². The zero-order valence-corrected chi connectivity index (χ0v) is 12.2. The Morgan fingerprint density at radius 2 is 1.90 bits per heavy atom. The number of nitrogens with zero attached hydrogens (tertiary/aromatic N) is 2. The summed E-state index contributed by atoms with van der Waals surface area (Å²) >= 11 is 0. The highest BCUT2D eigenvalue weighted by atomic mass is 16.2. The Bertz CT molecular complexity index is 538. The van der Waals surface area contributed by atoms with Crippen LogP contribution in [0.2, 0.25) is 0 Å². The van der Waals surface area contributed by atoms with Crippen molar-refractivity contribution >= 4 is 11.8 Å². The van der Waals surface area contributed by atoms with E-state index < -0.39 is 0 Å². The largest absolute Gasteiger partial charge is 0.340 e. The molecule has 21 heavy (non-hydrogen) atoms. The number of carbonyl (C=O) groups excluding carboxylic acids is 2. The molecule has 0 aliphatic carbocycles. The Balaban J connectivity index is 1.57. The molecule has 1 saturated heterocycles. The van der Waals surface area contributed by atoms with Gasteiger partial charge in [-0.3, -0.25) is 9.59 Å². The van der Waals surface area contributed by atoms with Crippen LogP contribution in [0.1, 0.15) is 22.3 Å². The van der Waals surface area contributed by atoms with E-state index in [4.69, 9.17) is 0 Å². The van der Waals surface area contributed by atoms with Gasteiger partial charge in [0.1, 0.15) is 0 Å². The van der Waals surface area contributed by atoms with Gasteiger partial charge in [-0.25, -0.2) is 0 Å². The molecule has 1 fully saturated rings. The summed E-state index contributed by atoms with van der Waals surface area (Å²) < 4.78 is 0. The molecule has 0 saturated carbocycles. The summed E-state index contributed by atoms with van der Waals surface area (Å²) in [7, 11) is 0. The minimum Gasteiger partial charge on any atom is -0.340 e. The average molecular weight is 287 g/mol. The molecule has 3 rings (SSSR count). The van der Waals surface area contributed by atoms with Crippen molar-refractivity contribution in [3.05, 3.63) is 35.4 Å². The molecule has 2 heterocycles. The number of benzene rings is 1. The first kappa shape index (κ1) is 14.1. The first-order valence-corrected chi connectivity index (χ1v) is 7.61. The number of hydrogen-bond acceptors (Lipinski definition) is 3. The van der Waals surface area contributed by atoms with Gasteiger partial charge in [0, 0.05) is 51.3 Å². The Hall–Kier alpha value is -1.88. The zero-order valence-electron chi connectivity index (χ0n) is 12.2. The second-order valence-electron chi connectivity index (χ2n) is 5.58. The number of hydrogen-bond donors (Lipinski definition) is 1. The maximum atomic E-state index is 12.4. The van der Waals surface area contributed by atoms with Gasteiger partial charge in [-0.05, 0) is 18.1 Å². The summed E-state index contributed by atoms with van der Waals surface area (Å²) in [6.07, 6.45) is 1.30. The van der Waals surface area contributed by atoms with Gasteiger partial charge in [0.25, 0.3) is 5.91 Å². The van der Waals surface area contributed by atoms with Crippen LogP contribution in [0.25, 0.3) is 0 Å². The van der Waals surface area contributed by atoms with Crippen LogP contribution in [0.15, 0.2) is 24.3 Å². The van der Waals surface area contributed by atoms with Crippen molar-refractivity contribution in [2.75, 3.05) is 39.3 Å². The van der Waals surface area contributed by atoms with E-state index >= 15 is 0 Å². The lowest BCUT2D eigenvalue weighted by molar-refractivity contribution is -0.131. The Labute approximate surface area is 124 Å². The fraction of sp³-hybridized carbons (Fsp3) is 0.500. The standard InChI is InChI=1S/C16H21N3O2/c20-15(18-11-7-17-8-12-18)6-10-19-9-5-13-3-1-2-4-14(13)16(19)21/h1-4,17H,5-12H2. The molecule has 5 nitrogen and oxygen atoms in total. The number of rotatable bonds is 3. The van der Waals surface area contributed by atoms with Crippen molar-refractivity contribution in [2.45, 2.75) is 12.8 Å². The summed E-state index contributed by atoms with van der Waals surface area (Å²) in [6, 6.07) is 7.75. The van der Waals surface area contributed by atoms with Crippen LogP contribution in [-0.4, -0.2) is 60.9 Å². The normalized spacial score (nSPS) is 18.6. The summed E-state index contributed by atoms with van der Waals surface area (Å²) in [5, 5.41) is 3.23. The smallest absolute Gasteiger partial charge is 0.254 e. The van der Waals surface area contributed by atoms with Gasteiger partial charge in [-0.2, -0.15) is 0 Å². The lowest BCUT2D eigenvalue weighted by Crippen LogP contribution is -2.47. The predicted octanol–water partition coefficient (Wildman–Crippen LogP) is 0.507. The zero-order chi connectivity index (χ0) is 14.7. The number of nitrogens with one attached hydrogen (secondary N) is 1. The Morgan fingerprint density at radius 3 is 2.71 bits per heavy atom. The van der Waals surface area contributed by atoms with Gasteiger partial charge < -0.3 is 15.1 Å². The maximum absolute atomic E-state index is 12.4. The third-order valence-corrected chi connectivity index (χ3v) is 4.25. The van der Waals surface area contributed by atoms with E-state index in [-0.39, 0.29) is 11.8 Å². The highest BCUT2D eigenvalue weighted by molar-refractivity contribution is 5.96. The van der Waals surface area contributed by atoms with Crippen LogP contribution < -0.4 is 5.32 Å². The van der Waals surface area contributed by atoms with Gasteiger partial charge in [0.2, 0.25) is 5.91 Å². The monoisotopic (exact) mass is 287 g/mol. The van der Waals surface area contributed by atoms with Crippen LogP contribution >= 0.6 is 0 Å². The average Bonchev–Trinajstić information content (AvgIpc) is 2.55. The maximum Gasteiger partial charge on any atom is 0.254 e. The molecular formula is C16H21N3O2. The molecule has 1 aromatic carbocycles. The van der Waals surface area contributed by atoms with Crippen LogP contribution in [0.3, 0.4) is 0 Å². The number of carbonyl (C=O) groups is 2. The van der Waals surface area contributed by atoms with E-state index in [2.05, 4.69) is 5.32 Å². The van der Waals surface area contributed by atoms with Crippen molar-refractivity contribution < 1.29 is 9.59 Å². The topological polar surface area (TPSA) is 52.7 Å². The van der Waals surface area contributed by atoms with E-state index in [1.165, 1.54) is 0 Å². The van der Waals surface area contributed by atoms with Crippen LogP contribution in [0.5, 0.6) is 0 Å². The molecule has 0 atom stereocenters. The van der Waals surface area contributed by atoms with Gasteiger partial charge in [0.05, 0.1) is 0 Å². The van der Waals surface area contributed by atoms with Crippen molar-refractivity contribution in [1.82, 2.24) is 15.1 Å². The first-order valence-electron chi connectivity index (χ1n) is 7.61.